The van der Waals surface area contributed by atoms with Crippen LogP contribution in [-0.4, -0.2) is 15.2 Å². The molecule has 25 heavy (non-hydrogen) atoms. The van der Waals surface area contributed by atoms with Gasteiger partial charge in [0.05, 0.1) is 11.1 Å². The van der Waals surface area contributed by atoms with Crippen molar-refractivity contribution in [2.75, 3.05) is 0 Å². The van der Waals surface area contributed by atoms with Crippen molar-refractivity contribution in [3.63, 3.8) is 0 Å². The van der Waals surface area contributed by atoms with Gasteiger partial charge in [0.25, 0.3) is 0 Å². The van der Waals surface area contributed by atoms with Crippen molar-refractivity contribution in [2.24, 2.45) is 0 Å². The number of nitrogens with zero attached hydrogens (tertiary/aromatic N) is 3. The van der Waals surface area contributed by atoms with Gasteiger partial charge in [-0.15, -0.1) is 21.5 Å². The fraction of sp³-hybridized carbons (Fsp3) is 0.167. The Balaban J connectivity index is 0.00000113. The van der Waals surface area contributed by atoms with Crippen LogP contribution < -0.4 is 0 Å². The number of aromatic nitrogens is 3. The molecular formula is C18H17ClFN3S2. The summed E-state index contributed by atoms with van der Waals surface area (Å²) in [6.45, 7) is 0. The van der Waals surface area contributed by atoms with Crippen molar-refractivity contribution >= 4 is 44.5 Å². The summed E-state index contributed by atoms with van der Waals surface area (Å²) >= 11 is 8.88. The van der Waals surface area contributed by atoms with E-state index in [0.29, 0.717) is 17.0 Å². The van der Waals surface area contributed by atoms with Crippen LogP contribution in [0.15, 0.2) is 42.5 Å². The van der Waals surface area contributed by atoms with Crippen LogP contribution in [0.3, 0.4) is 0 Å². The number of hydrogen-bond acceptors (Lipinski definition) is 5. The number of halogens is 2. The van der Waals surface area contributed by atoms with E-state index in [1.165, 1.54) is 28.7 Å². The number of fused-ring (bicyclic) bond motifs is 1. The molecule has 0 bridgehead atoms. The lowest BCUT2D eigenvalue weighted by Gasteiger charge is -1.94. The van der Waals surface area contributed by atoms with Gasteiger partial charge >= 0.3 is 0 Å². The molecule has 3 nitrogen and oxygen atoms in total. The van der Waals surface area contributed by atoms with Crippen LogP contribution in [0.4, 0.5) is 4.39 Å². The van der Waals surface area contributed by atoms with Gasteiger partial charge in [0, 0.05) is 10.6 Å². The fourth-order valence-electron chi connectivity index (χ4n) is 2.20. The molecule has 4 aromatic rings. The summed E-state index contributed by atoms with van der Waals surface area (Å²) < 4.78 is 14.6. The number of para-hydroxylation sites is 1. The molecule has 2 aromatic heterocycles. The third-order valence-corrected chi connectivity index (χ3v) is 5.52. The first-order chi connectivity index (χ1) is 11.2. The third-order valence-electron chi connectivity index (χ3n) is 3.27. The smallest absolute Gasteiger partial charge is 0.150 e. The molecule has 0 amide bonds. The highest BCUT2D eigenvalue weighted by molar-refractivity contribution is 7.19. The standard InChI is InChI=1S/C16H9ClFN3S2.2CH4/c17-10-6-4-9(5-7-10)16-21-20-14(23-16)8-13-19-15-11(18)2-1-3-12(15)22-13;;/h1-7H,8H2;2*1H4. The van der Waals surface area contributed by atoms with E-state index in [-0.39, 0.29) is 20.7 Å². The highest BCUT2D eigenvalue weighted by Crippen LogP contribution is 2.29. The highest BCUT2D eigenvalue weighted by atomic mass is 35.5. The first-order valence-electron chi connectivity index (χ1n) is 6.81. The average molecular weight is 394 g/mol. The second-order valence-electron chi connectivity index (χ2n) is 4.88. The molecule has 4 rings (SSSR count). The maximum absolute atomic E-state index is 13.7. The number of benzene rings is 2. The Morgan fingerprint density at radius 1 is 0.920 bits per heavy atom. The monoisotopic (exact) mass is 393 g/mol. The fourth-order valence-corrected chi connectivity index (χ4v) is 4.25. The Kier molecular flexibility index (Phi) is 6.21. The van der Waals surface area contributed by atoms with Gasteiger partial charge in [0.15, 0.2) is 0 Å². The van der Waals surface area contributed by atoms with Gasteiger partial charge in [-0.25, -0.2) is 9.37 Å². The maximum atomic E-state index is 13.7. The Labute approximate surface area is 159 Å². The molecule has 0 N–H and O–H groups in total. The topological polar surface area (TPSA) is 38.7 Å². The summed E-state index contributed by atoms with van der Waals surface area (Å²) in [5.41, 5.74) is 1.41. The predicted octanol–water partition coefficient (Wildman–Crippen LogP) is 6.47. The van der Waals surface area contributed by atoms with Crippen LogP contribution >= 0.6 is 34.3 Å². The zero-order valence-electron chi connectivity index (χ0n) is 11.7. The van der Waals surface area contributed by atoms with Crippen LogP contribution in [0, 0.1) is 5.82 Å². The Morgan fingerprint density at radius 2 is 1.68 bits per heavy atom. The Hall–Kier alpha value is -1.89. The molecule has 0 saturated carbocycles. The van der Waals surface area contributed by atoms with E-state index in [0.717, 1.165) is 25.3 Å². The molecule has 0 aliphatic carbocycles. The lowest BCUT2D eigenvalue weighted by Crippen LogP contribution is -1.86. The first kappa shape index (κ1) is 19.4. The summed E-state index contributed by atoms with van der Waals surface area (Å²) in [6, 6.07) is 12.5. The summed E-state index contributed by atoms with van der Waals surface area (Å²) in [5.74, 6) is -0.288. The minimum absolute atomic E-state index is 0. The average Bonchev–Trinajstić information content (AvgIpc) is 3.16. The van der Waals surface area contributed by atoms with E-state index in [4.69, 9.17) is 11.6 Å². The van der Waals surface area contributed by atoms with Gasteiger partial charge in [0.2, 0.25) is 0 Å². The molecule has 0 atom stereocenters. The van der Waals surface area contributed by atoms with Crippen LogP contribution in [0.5, 0.6) is 0 Å². The van der Waals surface area contributed by atoms with Gasteiger partial charge in [-0.3, -0.25) is 0 Å². The van der Waals surface area contributed by atoms with Gasteiger partial charge in [-0.05, 0) is 24.3 Å². The molecule has 0 unspecified atom stereocenters. The van der Waals surface area contributed by atoms with Crippen molar-refractivity contribution in [3.8, 4) is 10.6 Å². The molecule has 0 saturated heterocycles. The molecular weight excluding hydrogens is 377 g/mol. The molecule has 7 heteroatoms. The maximum Gasteiger partial charge on any atom is 0.150 e. The zero-order chi connectivity index (χ0) is 15.8. The summed E-state index contributed by atoms with van der Waals surface area (Å²) in [4.78, 5) is 4.37. The van der Waals surface area contributed by atoms with Crippen molar-refractivity contribution < 1.29 is 4.39 Å². The van der Waals surface area contributed by atoms with E-state index in [9.17, 15) is 4.39 Å². The van der Waals surface area contributed by atoms with E-state index >= 15 is 0 Å². The molecule has 0 aliphatic rings. The van der Waals surface area contributed by atoms with Crippen LogP contribution in [0.1, 0.15) is 24.9 Å². The molecule has 0 radical (unpaired) electrons. The van der Waals surface area contributed by atoms with E-state index in [2.05, 4.69) is 15.2 Å². The normalized spacial score (nSPS) is 10.3. The molecule has 0 fully saturated rings. The highest BCUT2D eigenvalue weighted by Gasteiger charge is 2.12. The second-order valence-corrected chi connectivity index (χ2v) is 7.49. The minimum Gasteiger partial charge on any atom is -0.238 e. The van der Waals surface area contributed by atoms with Crippen molar-refractivity contribution in [1.82, 2.24) is 15.2 Å². The van der Waals surface area contributed by atoms with Gasteiger partial charge in [-0.2, -0.15) is 0 Å². The lowest BCUT2D eigenvalue weighted by molar-refractivity contribution is 0.637. The summed E-state index contributed by atoms with van der Waals surface area (Å²) in [5, 5.41) is 11.6. The molecule has 130 valence electrons. The second kappa shape index (κ2) is 7.99. The largest absolute Gasteiger partial charge is 0.238 e. The van der Waals surface area contributed by atoms with Crippen LogP contribution in [0.2, 0.25) is 5.02 Å². The SMILES string of the molecule is C.C.Fc1cccc2sc(Cc3nnc(-c4ccc(Cl)cc4)s3)nc12. The Morgan fingerprint density at radius 3 is 2.40 bits per heavy atom. The Bertz CT molecular complexity index is 980. The van der Waals surface area contributed by atoms with Crippen molar-refractivity contribution in [2.45, 2.75) is 21.3 Å². The van der Waals surface area contributed by atoms with Gasteiger partial charge in [0.1, 0.15) is 26.4 Å². The van der Waals surface area contributed by atoms with E-state index < -0.39 is 0 Å². The zero-order valence-corrected chi connectivity index (χ0v) is 14.1. The molecule has 2 heterocycles. The predicted molar refractivity (Wildman–Crippen MR) is 106 cm³/mol. The van der Waals surface area contributed by atoms with Gasteiger partial charge in [-0.1, -0.05) is 56.0 Å². The van der Waals surface area contributed by atoms with E-state index in [1.807, 2.05) is 30.3 Å². The van der Waals surface area contributed by atoms with Crippen LogP contribution in [0.25, 0.3) is 20.8 Å². The number of hydrogen-bond donors (Lipinski definition) is 0. The molecule has 0 spiro atoms. The van der Waals surface area contributed by atoms with Crippen molar-refractivity contribution in [1.29, 1.82) is 0 Å². The minimum atomic E-state index is -0.288. The quantitative estimate of drug-likeness (QED) is 0.400. The molecule has 0 aliphatic heterocycles. The summed E-state index contributed by atoms with van der Waals surface area (Å²) in [7, 11) is 0. The molecule has 2 aromatic carbocycles. The van der Waals surface area contributed by atoms with Crippen LogP contribution in [-0.2, 0) is 6.42 Å². The number of thiazole rings is 1. The van der Waals surface area contributed by atoms with Crippen molar-refractivity contribution in [3.05, 3.63) is 63.3 Å². The summed E-state index contributed by atoms with van der Waals surface area (Å²) in [6.07, 6.45) is 0.560. The van der Waals surface area contributed by atoms with Gasteiger partial charge < -0.3 is 0 Å². The van der Waals surface area contributed by atoms with E-state index in [1.54, 1.807) is 6.07 Å². The first-order valence-corrected chi connectivity index (χ1v) is 8.82. The lowest BCUT2D eigenvalue weighted by atomic mass is 10.2. The number of rotatable bonds is 3. The third kappa shape index (κ3) is 4.03.